The molecule has 0 amide bonds. The van der Waals surface area contributed by atoms with Crippen LogP contribution in [0.25, 0.3) is 0 Å². The smallest absolute Gasteiger partial charge is 0.192 e. The number of rotatable bonds is 10. The van der Waals surface area contributed by atoms with E-state index in [0.29, 0.717) is 19.3 Å². The van der Waals surface area contributed by atoms with E-state index in [1.54, 1.807) is 6.92 Å². The van der Waals surface area contributed by atoms with E-state index < -0.39 is 46.5 Å². The minimum absolute atomic E-state index is 0.0373. The van der Waals surface area contributed by atoms with Crippen LogP contribution in [-0.4, -0.2) is 33.8 Å². The monoisotopic (exact) mass is 366 g/mol. The quantitative estimate of drug-likeness (QED) is 0.600. The summed E-state index contributed by atoms with van der Waals surface area (Å²) in [6, 6.07) is 0. The van der Waals surface area contributed by atoms with E-state index >= 15 is 0 Å². The van der Waals surface area contributed by atoms with Crippen LogP contribution in [0, 0.1) is 29.6 Å². The number of hydrogen-bond donors (Lipinski definition) is 1. The number of hydrogen-bond acceptors (Lipinski definition) is 5. The first-order chi connectivity index (χ1) is 12.0. The Morgan fingerprint density at radius 3 is 2.04 bits per heavy atom. The third-order valence-electron chi connectivity index (χ3n) is 5.56. The zero-order chi connectivity index (χ0) is 20.2. The van der Waals surface area contributed by atoms with Crippen molar-refractivity contribution >= 4 is 23.1 Å². The predicted octanol–water partition coefficient (Wildman–Crippen LogP) is 3.16. The zero-order valence-corrected chi connectivity index (χ0v) is 17.0. The van der Waals surface area contributed by atoms with Crippen LogP contribution < -0.4 is 0 Å². The maximum Gasteiger partial charge on any atom is 0.192 e. The van der Waals surface area contributed by atoms with Gasteiger partial charge in [-0.15, -0.1) is 0 Å². The van der Waals surface area contributed by atoms with Gasteiger partial charge >= 0.3 is 0 Å². The molecule has 1 rings (SSSR count). The molecule has 0 aromatic carbocycles. The highest BCUT2D eigenvalue weighted by Gasteiger charge is 2.64. The van der Waals surface area contributed by atoms with E-state index in [2.05, 4.69) is 0 Å². The van der Waals surface area contributed by atoms with Crippen molar-refractivity contribution in [1.29, 1.82) is 0 Å². The van der Waals surface area contributed by atoms with Gasteiger partial charge in [0.15, 0.2) is 28.7 Å². The SMILES string of the molecule is CCC(C)C(=O)C1C(=O)[C@H](CCC(C)C)[C@](O)(C(=O)CCC(C)C)C1=O. The fraction of sp³-hybridized carbons (Fsp3) is 0.810. The van der Waals surface area contributed by atoms with Gasteiger partial charge in [0, 0.05) is 12.3 Å². The lowest BCUT2D eigenvalue weighted by Gasteiger charge is -2.26. The van der Waals surface area contributed by atoms with E-state index in [1.165, 1.54) is 0 Å². The lowest BCUT2D eigenvalue weighted by molar-refractivity contribution is -0.155. The van der Waals surface area contributed by atoms with Crippen molar-refractivity contribution in [2.24, 2.45) is 29.6 Å². The zero-order valence-electron chi connectivity index (χ0n) is 17.0. The summed E-state index contributed by atoms with van der Waals surface area (Å²) in [6.07, 6.45) is 1.93. The Bertz CT molecular complexity index is 563. The Morgan fingerprint density at radius 2 is 1.58 bits per heavy atom. The van der Waals surface area contributed by atoms with Crippen molar-refractivity contribution in [1.82, 2.24) is 0 Å². The van der Waals surface area contributed by atoms with E-state index in [4.69, 9.17) is 0 Å². The van der Waals surface area contributed by atoms with Crippen LogP contribution in [0.4, 0.5) is 0 Å². The molecule has 0 radical (unpaired) electrons. The van der Waals surface area contributed by atoms with Gasteiger partial charge < -0.3 is 5.11 Å². The predicted molar refractivity (Wildman–Crippen MR) is 99.6 cm³/mol. The summed E-state index contributed by atoms with van der Waals surface area (Å²) in [5, 5.41) is 11.1. The molecule has 2 unspecified atom stereocenters. The molecular formula is C21H34O5. The molecule has 0 bridgehead atoms. The maximum atomic E-state index is 12.9. The van der Waals surface area contributed by atoms with Crippen molar-refractivity contribution in [2.75, 3.05) is 0 Å². The average molecular weight is 366 g/mol. The van der Waals surface area contributed by atoms with Crippen LogP contribution in [0.1, 0.15) is 73.6 Å². The number of aliphatic hydroxyl groups is 1. The van der Waals surface area contributed by atoms with Gasteiger partial charge in [0.05, 0.1) is 5.92 Å². The average Bonchev–Trinajstić information content (AvgIpc) is 2.76. The van der Waals surface area contributed by atoms with Crippen molar-refractivity contribution in [3.8, 4) is 0 Å². The third kappa shape index (κ3) is 4.48. The summed E-state index contributed by atoms with van der Waals surface area (Å²) >= 11 is 0. The van der Waals surface area contributed by atoms with Crippen LogP contribution in [0.5, 0.6) is 0 Å². The molecule has 1 fully saturated rings. The first kappa shape index (κ1) is 22.7. The highest BCUT2D eigenvalue weighted by atomic mass is 16.3. The molecule has 0 heterocycles. The number of carbonyl (C=O) groups is 4. The summed E-state index contributed by atoms with van der Waals surface area (Å²) in [6.45, 7) is 11.3. The fourth-order valence-electron chi connectivity index (χ4n) is 3.48. The van der Waals surface area contributed by atoms with Crippen LogP contribution >= 0.6 is 0 Å². The van der Waals surface area contributed by atoms with Gasteiger partial charge in [-0.25, -0.2) is 0 Å². The summed E-state index contributed by atoms with van der Waals surface area (Å²) in [5.74, 6) is -5.09. The van der Waals surface area contributed by atoms with Crippen LogP contribution in [-0.2, 0) is 19.2 Å². The minimum Gasteiger partial charge on any atom is -0.374 e. The van der Waals surface area contributed by atoms with E-state index in [1.807, 2.05) is 34.6 Å². The van der Waals surface area contributed by atoms with Crippen molar-refractivity contribution in [3.05, 3.63) is 0 Å². The summed E-state index contributed by atoms with van der Waals surface area (Å²) in [5.41, 5.74) is -2.34. The van der Waals surface area contributed by atoms with Crippen LogP contribution in [0.2, 0.25) is 0 Å². The number of ketones is 4. The van der Waals surface area contributed by atoms with Gasteiger partial charge in [0.1, 0.15) is 5.92 Å². The molecule has 0 saturated heterocycles. The van der Waals surface area contributed by atoms with Gasteiger partial charge in [0.25, 0.3) is 0 Å². The van der Waals surface area contributed by atoms with Gasteiger partial charge in [0.2, 0.25) is 0 Å². The highest BCUT2D eigenvalue weighted by Crippen LogP contribution is 2.40. The number of Topliss-reactive ketones (excluding diaryl/α,β-unsaturated/α-hetero) is 4. The molecule has 1 aliphatic carbocycles. The van der Waals surface area contributed by atoms with Gasteiger partial charge in [-0.3, -0.25) is 19.2 Å². The van der Waals surface area contributed by atoms with E-state index in [0.717, 1.165) is 0 Å². The maximum absolute atomic E-state index is 12.9. The first-order valence-corrected chi connectivity index (χ1v) is 9.85. The molecule has 5 nitrogen and oxygen atoms in total. The Morgan fingerprint density at radius 1 is 1.04 bits per heavy atom. The second-order valence-electron chi connectivity index (χ2n) is 8.56. The molecule has 0 aromatic rings. The molecule has 5 heteroatoms. The molecule has 0 aliphatic heterocycles. The summed E-state index contributed by atoms with van der Waals surface area (Å²) in [7, 11) is 0. The Kier molecular flexibility index (Phi) is 7.87. The van der Waals surface area contributed by atoms with Gasteiger partial charge in [-0.05, 0) is 31.1 Å². The molecule has 4 atom stereocenters. The van der Waals surface area contributed by atoms with Crippen LogP contribution in [0.15, 0.2) is 0 Å². The molecule has 148 valence electrons. The lowest BCUT2D eigenvalue weighted by Crippen LogP contribution is -2.50. The summed E-state index contributed by atoms with van der Waals surface area (Å²) < 4.78 is 0. The first-order valence-electron chi connectivity index (χ1n) is 9.85. The standard InChI is InChI=1S/C21H34O5/c1-7-14(6)18(23)17-19(24)15(10-8-12(2)3)21(26,20(17)25)16(22)11-9-13(4)5/h12-15,17,26H,7-11H2,1-6H3/t14?,15-,17?,21-/m0/s1. The lowest BCUT2D eigenvalue weighted by atomic mass is 9.79. The molecule has 1 saturated carbocycles. The van der Waals surface area contributed by atoms with Gasteiger partial charge in [-0.1, -0.05) is 48.0 Å². The molecule has 0 aromatic heterocycles. The minimum atomic E-state index is -2.34. The number of carbonyl (C=O) groups excluding carboxylic acids is 4. The van der Waals surface area contributed by atoms with Crippen molar-refractivity contribution in [3.63, 3.8) is 0 Å². The second kappa shape index (κ2) is 9.03. The van der Waals surface area contributed by atoms with Gasteiger partial charge in [-0.2, -0.15) is 0 Å². The molecule has 0 spiro atoms. The third-order valence-corrected chi connectivity index (χ3v) is 5.56. The Balaban J connectivity index is 3.24. The molecule has 1 aliphatic rings. The van der Waals surface area contributed by atoms with E-state index in [-0.39, 0.29) is 24.7 Å². The molecular weight excluding hydrogens is 332 g/mol. The molecule has 1 N–H and O–H groups in total. The van der Waals surface area contributed by atoms with Crippen LogP contribution in [0.3, 0.4) is 0 Å². The Hall–Kier alpha value is -1.36. The largest absolute Gasteiger partial charge is 0.374 e. The topological polar surface area (TPSA) is 88.5 Å². The molecule has 26 heavy (non-hydrogen) atoms. The van der Waals surface area contributed by atoms with Crippen molar-refractivity contribution < 1.29 is 24.3 Å². The second-order valence-corrected chi connectivity index (χ2v) is 8.56. The normalized spacial score (nSPS) is 27.4. The highest BCUT2D eigenvalue weighted by molar-refractivity contribution is 6.33. The Labute approximate surface area is 156 Å². The fourth-order valence-corrected chi connectivity index (χ4v) is 3.48. The van der Waals surface area contributed by atoms with E-state index in [9.17, 15) is 24.3 Å². The van der Waals surface area contributed by atoms with Crippen molar-refractivity contribution in [2.45, 2.75) is 79.2 Å². The summed E-state index contributed by atoms with van der Waals surface area (Å²) in [4.78, 5) is 51.2.